The van der Waals surface area contributed by atoms with Gasteiger partial charge in [-0.1, -0.05) is 18.2 Å². The van der Waals surface area contributed by atoms with Gasteiger partial charge < -0.3 is 20.7 Å². The van der Waals surface area contributed by atoms with Crippen molar-refractivity contribution in [2.75, 3.05) is 11.9 Å². The van der Waals surface area contributed by atoms with Gasteiger partial charge in [0.05, 0.1) is 18.2 Å². The summed E-state index contributed by atoms with van der Waals surface area (Å²) < 4.78 is 5.51. The molecular formula is C22H25N3O2S. The van der Waals surface area contributed by atoms with Crippen molar-refractivity contribution in [2.45, 2.75) is 33.7 Å². The van der Waals surface area contributed by atoms with Crippen LogP contribution in [0.5, 0.6) is 5.75 Å². The van der Waals surface area contributed by atoms with Crippen LogP contribution in [-0.4, -0.2) is 17.6 Å². The lowest BCUT2D eigenvalue weighted by atomic mass is 9.94. The number of nitrogens with one attached hydrogen (secondary N) is 3. The van der Waals surface area contributed by atoms with Crippen molar-refractivity contribution in [3.63, 3.8) is 0 Å². The van der Waals surface area contributed by atoms with Crippen LogP contribution in [0, 0.1) is 13.8 Å². The van der Waals surface area contributed by atoms with Crippen molar-refractivity contribution in [1.82, 2.24) is 10.6 Å². The predicted molar refractivity (Wildman–Crippen MR) is 116 cm³/mol. The summed E-state index contributed by atoms with van der Waals surface area (Å²) in [5, 5.41) is 9.79. The van der Waals surface area contributed by atoms with Gasteiger partial charge in [0.15, 0.2) is 5.11 Å². The number of aryl methyl sites for hydroxylation is 2. The number of hydrogen-bond donors (Lipinski definition) is 3. The molecular weight excluding hydrogens is 370 g/mol. The number of rotatable bonds is 5. The predicted octanol–water partition coefficient (Wildman–Crippen LogP) is 4.13. The molecule has 0 radical (unpaired) electrons. The molecule has 2 aromatic rings. The van der Waals surface area contributed by atoms with Crippen molar-refractivity contribution in [3.05, 3.63) is 70.4 Å². The molecule has 3 N–H and O–H groups in total. The summed E-state index contributed by atoms with van der Waals surface area (Å²) in [6, 6.07) is 13.3. The fourth-order valence-corrected chi connectivity index (χ4v) is 3.46. The van der Waals surface area contributed by atoms with Gasteiger partial charge in [-0.25, -0.2) is 0 Å². The number of benzene rings is 2. The first kappa shape index (κ1) is 19.9. The molecule has 146 valence electrons. The topological polar surface area (TPSA) is 62.4 Å². The van der Waals surface area contributed by atoms with Crippen molar-refractivity contribution < 1.29 is 9.53 Å². The van der Waals surface area contributed by atoms with E-state index >= 15 is 0 Å². The molecule has 1 amide bonds. The lowest BCUT2D eigenvalue weighted by Gasteiger charge is -2.30. The highest BCUT2D eigenvalue weighted by Gasteiger charge is 2.30. The molecule has 1 aliphatic rings. The van der Waals surface area contributed by atoms with Crippen LogP contribution in [0.3, 0.4) is 0 Å². The van der Waals surface area contributed by atoms with Gasteiger partial charge in [-0.3, -0.25) is 4.79 Å². The second-order valence-corrected chi connectivity index (χ2v) is 7.23. The van der Waals surface area contributed by atoms with Gasteiger partial charge in [-0.15, -0.1) is 0 Å². The van der Waals surface area contributed by atoms with Crippen LogP contribution in [0.4, 0.5) is 5.69 Å². The van der Waals surface area contributed by atoms with Crippen molar-refractivity contribution >= 4 is 28.9 Å². The molecule has 0 aliphatic carbocycles. The SMILES string of the molecule is CCOc1ccc([C@H]2NC(=S)NC(C)=C2C(=O)Nc2ccc(C)c(C)c2)cc1. The van der Waals surface area contributed by atoms with Crippen LogP contribution in [-0.2, 0) is 4.79 Å². The quantitative estimate of drug-likeness (QED) is 0.665. The Morgan fingerprint density at radius 1 is 1.11 bits per heavy atom. The molecule has 0 saturated heterocycles. The van der Waals surface area contributed by atoms with E-state index in [1.807, 2.05) is 70.2 Å². The van der Waals surface area contributed by atoms with E-state index in [-0.39, 0.29) is 11.9 Å². The maximum absolute atomic E-state index is 13.1. The zero-order valence-electron chi connectivity index (χ0n) is 16.6. The molecule has 0 fully saturated rings. The Hall–Kier alpha value is -2.86. The first-order chi connectivity index (χ1) is 13.4. The van der Waals surface area contributed by atoms with E-state index in [0.29, 0.717) is 17.3 Å². The van der Waals surface area contributed by atoms with Gasteiger partial charge in [-0.2, -0.15) is 0 Å². The number of hydrogen-bond acceptors (Lipinski definition) is 3. The lowest BCUT2D eigenvalue weighted by molar-refractivity contribution is -0.113. The van der Waals surface area contributed by atoms with Crippen molar-refractivity contribution in [1.29, 1.82) is 0 Å². The number of allylic oxidation sites excluding steroid dienone is 1. The normalized spacial score (nSPS) is 16.3. The second-order valence-electron chi connectivity index (χ2n) is 6.83. The molecule has 1 heterocycles. The summed E-state index contributed by atoms with van der Waals surface area (Å²) in [5.41, 5.74) is 5.38. The fraction of sp³-hybridized carbons (Fsp3) is 0.273. The number of carbonyl (C=O) groups is 1. The molecule has 0 spiro atoms. The van der Waals surface area contributed by atoms with Crippen LogP contribution in [0.25, 0.3) is 0 Å². The highest BCUT2D eigenvalue weighted by atomic mass is 32.1. The lowest BCUT2D eigenvalue weighted by Crippen LogP contribution is -2.45. The summed E-state index contributed by atoms with van der Waals surface area (Å²) >= 11 is 5.32. The molecule has 3 rings (SSSR count). The second kappa shape index (κ2) is 8.44. The highest BCUT2D eigenvalue weighted by Crippen LogP contribution is 2.29. The van der Waals surface area contributed by atoms with Crippen molar-refractivity contribution in [2.24, 2.45) is 0 Å². The summed E-state index contributed by atoms with van der Waals surface area (Å²) in [6.45, 7) is 8.50. The zero-order chi connectivity index (χ0) is 20.3. The van der Waals surface area contributed by atoms with Crippen LogP contribution < -0.4 is 20.7 Å². The minimum absolute atomic E-state index is 0.165. The Labute approximate surface area is 171 Å². The molecule has 5 nitrogen and oxygen atoms in total. The smallest absolute Gasteiger partial charge is 0.255 e. The first-order valence-corrected chi connectivity index (χ1v) is 9.69. The number of carbonyl (C=O) groups excluding carboxylic acids is 1. The number of amides is 1. The molecule has 0 bridgehead atoms. The number of anilines is 1. The van der Waals surface area contributed by atoms with E-state index in [1.54, 1.807) is 0 Å². The molecule has 0 unspecified atom stereocenters. The average molecular weight is 396 g/mol. The molecule has 1 aliphatic heterocycles. The molecule has 0 saturated carbocycles. The van der Waals surface area contributed by atoms with E-state index in [1.165, 1.54) is 5.56 Å². The Morgan fingerprint density at radius 2 is 1.82 bits per heavy atom. The van der Waals surface area contributed by atoms with Crippen LogP contribution in [0.15, 0.2) is 53.7 Å². The minimum atomic E-state index is -0.337. The van der Waals surface area contributed by atoms with Gasteiger partial charge >= 0.3 is 0 Å². The minimum Gasteiger partial charge on any atom is -0.494 e. The fourth-order valence-electron chi connectivity index (χ4n) is 3.19. The monoisotopic (exact) mass is 395 g/mol. The molecule has 2 aromatic carbocycles. The van der Waals surface area contributed by atoms with E-state index in [2.05, 4.69) is 16.0 Å². The van der Waals surface area contributed by atoms with Crippen LogP contribution in [0.2, 0.25) is 0 Å². The van der Waals surface area contributed by atoms with E-state index in [4.69, 9.17) is 17.0 Å². The Kier molecular flexibility index (Phi) is 5.99. The Bertz CT molecular complexity index is 935. The summed E-state index contributed by atoms with van der Waals surface area (Å²) in [7, 11) is 0. The summed E-state index contributed by atoms with van der Waals surface area (Å²) in [4.78, 5) is 13.1. The third-order valence-electron chi connectivity index (χ3n) is 4.80. The average Bonchev–Trinajstić information content (AvgIpc) is 2.65. The number of ether oxygens (including phenoxy) is 1. The Morgan fingerprint density at radius 3 is 2.46 bits per heavy atom. The van der Waals surface area contributed by atoms with Gasteiger partial charge in [-0.05, 0) is 80.9 Å². The molecule has 0 aromatic heterocycles. The Balaban J connectivity index is 1.90. The molecule has 6 heteroatoms. The summed E-state index contributed by atoms with van der Waals surface area (Å²) in [5.74, 6) is 0.631. The zero-order valence-corrected chi connectivity index (χ0v) is 17.4. The molecule has 28 heavy (non-hydrogen) atoms. The van der Waals surface area contributed by atoms with E-state index < -0.39 is 0 Å². The van der Waals surface area contributed by atoms with Gasteiger partial charge in [0.25, 0.3) is 5.91 Å². The molecule has 1 atom stereocenters. The third-order valence-corrected chi connectivity index (χ3v) is 5.02. The van der Waals surface area contributed by atoms with Crippen molar-refractivity contribution in [3.8, 4) is 5.75 Å². The van der Waals surface area contributed by atoms with Crippen LogP contribution in [0.1, 0.15) is 36.6 Å². The van der Waals surface area contributed by atoms with Crippen LogP contribution >= 0.6 is 12.2 Å². The van der Waals surface area contributed by atoms with E-state index in [9.17, 15) is 4.79 Å². The maximum atomic E-state index is 13.1. The maximum Gasteiger partial charge on any atom is 0.255 e. The van der Waals surface area contributed by atoms with Gasteiger partial charge in [0.2, 0.25) is 0 Å². The van der Waals surface area contributed by atoms with Gasteiger partial charge in [0.1, 0.15) is 5.75 Å². The third kappa shape index (κ3) is 4.34. The van der Waals surface area contributed by atoms with E-state index in [0.717, 1.165) is 28.3 Å². The largest absolute Gasteiger partial charge is 0.494 e. The first-order valence-electron chi connectivity index (χ1n) is 9.28. The van der Waals surface area contributed by atoms with Gasteiger partial charge in [0, 0.05) is 11.4 Å². The summed E-state index contributed by atoms with van der Waals surface area (Å²) in [6.07, 6.45) is 0. The highest BCUT2D eigenvalue weighted by molar-refractivity contribution is 7.80. The standard InChI is InChI=1S/C22H25N3O2S/c1-5-27-18-10-7-16(8-11-18)20-19(15(4)23-22(28)25-20)21(26)24-17-9-6-13(2)14(3)12-17/h6-12,20H,5H2,1-4H3,(H,24,26)(H2,23,25,28)/t20-/m1/s1. The number of thiocarbonyl (C=S) groups is 1.